The molecule has 0 amide bonds. The highest BCUT2D eigenvalue weighted by Gasteiger charge is 2.17. The van der Waals surface area contributed by atoms with Crippen LogP contribution in [0.4, 0.5) is 0 Å². The monoisotopic (exact) mass is 314 g/mol. The third-order valence-electron chi connectivity index (χ3n) is 3.08. The number of hydrazine groups is 1. The maximum Gasteiger partial charge on any atom is 0.0670 e. The van der Waals surface area contributed by atoms with Gasteiger partial charge in [0.1, 0.15) is 0 Å². The van der Waals surface area contributed by atoms with Crippen molar-refractivity contribution in [3.05, 3.63) is 44.9 Å². The number of hydrogen-bond acceptors (Lipinski definition) is 2. The van der Waals surface area contributed by atoms with Gasteiger partial charge in [0, 0.05) is 9.50 Å². The van der Waals surface area contributed by atoms with Gasteiger partial charge in [0.15, 0.2) is 0 Å². The molecular formula is C13H16BrClN2. The Morgan fingerprint density at radius 3 is 2.71 bits per heavy atom. The molecule has 0 aliphatic heterocycles. The molecule has 0 saturated carbocycles. The van der Waals surface area contributed by atoms with Crippen molar-refractivity contribution in [2.75, 3.05) is 0 Å². The fourth-order valence-corrected chi connectivity index (χ4v) is 3.17. The number of nitrogens with two attached hydrogens (primary N) is 1. The van der Waals surface area contributed by atoms with Crippen LogP contribution in [0.5, 0.6) is 0 Å². The summed E-state index contributed by atoms with van der Waals surface area (Å²) < 4.78 is 0.983. The van der Waals surface area contributed by atoms with Crippen LogP contribution in [0.3, 0.4) is 0 Å². The smallest absolute Gasteiger partial charge is 0.0670 e. The van der Waals surface area contributed by atoms with E-state index in [4.69, 9.17) is 17.4 Å². The molecule has 0 radical (unpaired) electrons. The molecule has 0 spiro atoms. The minimum atomic E-state index is 0.0744. The molecule has 1 aliphatic rings. The van der Waals surface area contributed by atoms with Gasteiger partial charge in [-0.15, -0.1) is 0 Å². The van der Waals surface area contributed by atoms with Gasteiger partial charge in [0.2, 0.25) is 0 Å². The second-order valence-corrected chi connectivity index (χ2v) is 5.68. The van der Waals surface area contributed by atoms with E-state index >= 15 is 0 Å². The lowest BCUT2D eigenvalue weighted by molar-refractivity contribution is 0.565. The molecule has 0 heterocycles. The van der Waals surface area contributed by atoms with E-state index in [2.05, 4.69) is 33.5 Å². The van der Waals surface area contributed by atoms with Crippen molar-refractivity contribution in [2.45, 2.75) is 31.7 Å². The fourth-order valence-electron chi connectivity index (χ4n) is 2.28. The van der Waals surface area contributed by atoms with Gasteiger partial charge in [-0.1, -0.05) is 39.2 Å². The predicted octanol–water partition coefficient (Wildman–Crippen LogP) is 4.11. The van der Waals surface area contributed by atoms with E-state index in [0.29, 0.717) is 0 Å². The highest BCUT2D eigenvalue weighted by molar-refractivity contribution is 9.10. The minimum Gasteiger partial charge on any atom is -0.271 e. The maximum absolute atomic E-state index is 6.07. The molecule has 1 atom stereocenters. The topological polar surface area (TPSA) is 38.0 Å². The zero-order valence-electron chi connectivity index (χ0n) is 9.55. The van der Waals surface area contributed by atoms with Gasteiger partial charge in [0.05, 0.1) is 6.04 Å². The molecule has 17 heavy (non-hydrogen) atoms. The Labute approximate surface area is 115 Å². The van der Waals surface area contributed by atoms with Crippen LogP contribution in [0.1, 0.15) is 37.3 Å². The molecular weight excluding hydrogens is 300 g/mol. The van der Waals surface area contributed by atoms with Crippen LogP contribution in [0, 0.1) is 0 Å². The molecule has 1 aromatic carbocycles. The quantitative estimate of drug-likeness (QED) is 0.500. The van der Waals surface area contributed by atoms with Gasteiger partial charge in [0.25, 0.3) is 0 Å². The molecule has 2 nitrogen and oxygen atoms in total. The Bertz CT molecular complexity index is 411. The van der Waals surface area contributed by atoms with Crippen molar-refractivity contribution in [2.24, 2.45) is 5.84 Å². The van der Waals surface area contributed by atoms with Crippen LogP contribution in [-0.4, -0.2) is 0 Å². The summed E-state index contributed by atoms with van der Waals surface area (Å²) in [7, 11) is 0. The molecule has 0 saturated heterocycles. The van der Waals surface area contributed by atoms with E-state index in [-0.39, 0.29) is 6.04 Å². The van der Waals surface area contributed by atoms with Crippen LogP contribution in [0.25, 0.3) is 0 Å². The first kappa shape index (κ1) is 13.1. The predicted molar refractivity (Wildman–Crippen MR) is 75.8 cm³/mol. The Balaban J connectivity index is 2.31. The number of allylic oxidation sites excluding steroid dienone is 1. The molecule has 1 aliphatic carbocycles. The first-order valence-electron chi connectivity index (χ1n) is 5.82. The van der Waals surface area contributed by atoms with Crippen molar-refractivity contribution in [1.82, 2.24) is 5.43 Å². The lowest BCUT2D eigenvalue weighted by Gasteiger charge is -2.23. The lowest BCUT2D eigenvalue weighted by Crippen LogP contribution is -2.30. The molecule has 2 rings (SSSR count). The van der Waals surface area contributed by atoms with Crippen molar-refractivity contribution >= 4 is 27.5 Å². The molecule has 0 fully saturated rings. The van der Waals surface area contributed by atoms with Crippen molar-refractivity contribution in [1.29, 1.82) is 0 Å². The highest BCUT2D eigenvalue weighted by Crippen LogP contribution is 2.32. The largest absolute Gasteiger partial charge is 0.271 e. The van der Waals surface area contributed by atoms with E-state index in [0.717, 1.165) is 27.9 Å². The Morgan fingerprint density at radius 2 is 2.12 bits per heavy atom. The Kier molecular flexibility index (Phi) is 4.62. The van der Waals surface area contributed by atoms with Crippen molar-refractivity contribution < 1.29 is 0 Å². The second-order valence-electron chi connectivity index (χ2n) is 4.33. The number of benzene rings is 1. The molecule has 0 aromatic heterocycles. The number of hydrogen-bond donors (Lipinski definition) is 2. The third-order valence-corrected chi connectivity index (χ3v) is 3.76. The molecule has 3 N–H and O–H groups in total. The maximum atomic E-state index is 6.07. The van der Waals surface area contributed by atoms with Gasteiger partial charge < -0.3 is 0 Å². The van der Waals surface area contributed by atoms with E-state index in [9.17, 15) is 0 Å². The number of rotatable bonds is 3. The zero-order chi connectivity index (χ0) is 12.3. The molecule has 1 aromatic rings. The van der Waals surface area contributed by atoms with E-state index < -0.39 is 0 Å². The Hall–Kier alpha value is -0.350. The zero-order valence-corrected chi connectivity index (χ0v) is 11.9. The van der Waals surface area contributed by atoms with E-state index in [1.165, 1.54) is 18.4 Å². The third kappa shape index (κ3) is 3.32. The van der Waals surface area contributed by atoms with Gasteiger partial charge in [-0.25, -0.2) is 5.43 Å². The summed E-state index contributed by atoms with van der Waals surface area (Å²) in [6.07, 6.45) is 7.07. The van der Waals surface area contributed by atoms with Gasteiger partial charge in [-0.2, -0.15) is 0 Å². The summed E-state index contributed by atoms with van der Waals surface area (Å²) in [4.78, 5) is 0. The average molecular weight is 316 g/mol. The van der Waals surface area contributed by atoms with Gasteiger partial charge in [-0.3, -0.25) is 5.84 Å². The van der Waals surface area contributed by atoms with Crippen LogP contribution in [0.15, 0.2) is 34.3 Å². The summed E-state index contributed by atoms with van der Waals surface area (Å²) in [5.41, 5.74) is 5.37. The summed E-state index contributed by atoms with van der Waals surface area (Å²) >= 11 is 9.53. The molecule has 4 heteroatoms. The summed E-state index contributed by atoms with van der Waals surface area (Å²) in [6, 6.07) is 5.98. The SMILES string of the molecule is NNC(C1=CCCCC1)c1cc(Cl)cc(Br)c1. The number of nitrogens with one attached hydrogen (secondary N) is 1. The summed E-state index contributed by atoms with van der Waals surface area (Å²) in [6.45, 7) is 0. The summed E-state index contributed by atoms with van der Waals surface area (Å²) in [5.74, 6) is 5.69. The average Bonchev–Trinajstić information content (AvgIpc) is 2.30. The first-order chi connectivity index (χ1) is 8.20. The molecule has 0 bridgehead atoms. The lowest BCUT2D eigenvalue weighted by atomic mass is 9.90. The second kappa shape index (κ2) is 6.01. The van der Waals surface area contributed by atoms with Crippen LogP contribution >= 0.6 is 27.5 Å². The normalized spacial score (nSPS) is 17.7. The number of halogens is 2. The van der Waals surface area contributed by atoms with Crippen LogP contribution in [-0.2, 0) is 0 Å². The Morgan fingerprint density at radius 1 is 1.29 bits per heavy atom. The standard InChI is InChI=1S/C13H16BrClN2/c14-11-6-10(7-12(15)8-11)13(17-16)9-4-2-1-3-5-9/h4,6-8,13,17H,1-3,5,16H2. The van der Waals surface area contributed by atoms with E-state index in [1.54, 1.807) is 0 Å². The fraction of sp³-hybridized carbons (Fsp3) is 0.385. The van der Waals surface area contributed by atoms with Crippen molar-refractivity contribution in [3.63, 3.8) is 0 Å². The summed E-state index contributed by atoms with van der Waals surface area (Å²) in [5, 5.41) is 0.728. The van der Waals surface area contributed by atoms with Gasteiger partial charge in [-0.05, 0) is 49.4 Å². The van der Waals surface area contributed by atoms with Crippen LogP contribution < -0.4 is 11.3 Å². The molecule has 92 valence electrons. The minimum absolute atomic E-state index is 0.0744. The van der Waals surface area contributed by atoms with Crippen molar-refractivity contribution in [3.8, 4) is 0 Å². The highest BCUT2D eigenvalue weighted by atomic mass is 79.9. The van der Waals surface area contributed by atoms with Gasteiger partial charge >= 0.3 is 0 Å². The van der Waals surface area contributed by atoms with E-state index in [1.807, 2.05) is 12.1 Å². The van der Waals surface area contributed by atoms with Crippen LogP contribution in [0.2, 0.25) is 5.02 Å². The first-order valence-corrected chi connectivity index (χ1v) is 6.99. The molecule has 1 unspecified atom stereocenters.